The molecule has 1 saturated carbocycles. The van der Waals surface area contributed by atoms with Crippen LogP contribution in [0.5, 0.6) is 0 Å². The number of hydrogen-bond acceptors (Lipinski definition) is 3. The first-order valence-corrected chi connectivity index (χ1v) is 8.04. The van der Waals surface area contributed by atoms with Gasteiger partial charge in [0.15, 0.2) is 0 Å². The van der Waals surface area contributed by atoms with Crippen molar-refractivity contribution in [1.82, 2.24) is 10.9 Å². The molecule has 0 radical (unpaired) electrons. The molecule has 2 bridgehead atoms. The Labute approximate surface area is 141 Å². The zero-order valence-corrected chi connectivity index (χ0v) is 13.6. The van der Waals surface area contributed by atoms with Gasteiger partial charge >= 0.3 is 5.97 Å². The zero-order valence-electron chi connectivity index (χ0n) is 12.0. The van der Waals surface area contributed by atoms with E-state index in [-0.39, 0.29) is 11.8 Å². The third kappa shape index (κ3) is 2.88. The third-order valence-electron chi connectivity index (χ3n) is 4.46. The van der Waals surface area contributed by atoms with Crippen molar-refractivity contribution in [1.29, 1.82) is 0 Å². The van der Waals surface area contributed by atoms with Gasteiger partial charge in [-0.15, -0.1) is 0 Å². The van der Waals surface area contributed by atoms with E-state index in [2.05, 4.69) is 26.8 Å². The number of aliphatic carboxylic acids is 1. The summed E-state index contributed by atoms with van der Waals surface area (Å²) in [7, 11) is 0. The van der Waals surface area contributed by atoms with Crippen LogP contribution >= 0.6 is 15.9 Å². The smallest absolute Gasteiger partial charge is 0.307 e. The Balaban J connectivity index is 1.66. The number of fused-ring (bicyclic) bond motifs is 2. The predicted octanol–water partition coefficient (Wildman–Crippen LogP) is 1.73. The number of hydrazine groups is 1. The maximum absolute atomic E-state index is 12.3. The fraction of sp³-hybridized carbons (Fsp3) is 0.312. The topological polar surface area (TPSA) is 95.5 Å². The Morgan fingerprint density at radius 3 is 2.35 bits per heavy atom. The quantitative estimate of drug-likeness (QED) is 0.551. The molecule has 3 rings (SSSR count). The summed E-state index contributed by atoms with van der Waals surface area (Å²) >= 11 is 3.26. The molecule has 2 aliphatic carbocycles. The molecule has 0 saturated heterocycles. The maximum Gasteiger partial charge on any atom is 0.307 e. The molecule has 1 aromatic carbocycles. The second-order valence-electron chi connectivity index (χ2n) is 5.76. The van der Waals surface area contributed by atoms with Gasteiger partial charge in [-0.25, -0.2) is 0 Å². The second-order valence-corrected chi connectivity index (χ2v) is 6.62. The van der Waals surface area contributed by atoms with Crippen molar-refractivity contribution >= 4 is 33.7 Å². The van der Waals surface area contributed by atoms with Crippen LogP contribution in [-0.4, -0.2) is 22.9 Å². The highest BCUT2D eigenvalue weighted by molar-refractivity contribution is 9.10. The normalized spacial score (nSPS) is 27.7. The highest BCUT2D eigenvalue weighted by atomic mass is 79.9. The van der Waals surface area contributed by atoms with Crippen LogP contribution in [0.4, 0.5) is 0 Å². The van der Waals surface area contributed by atoms with Crippen LogP contribution in [-0.2, 0) is 9.59 Å². The zero-order chi connectivity index (χ0) is 16.6. The molecule has 23 heavy (non-hydrogen) atoms. The van der Waals surface area contributed by atoms with Crippen molar-refractivity contribution in [2.75, 3.05) is 0 Å². The summed E-state index contributed by atoms with van der Waals surface area (Å²) in [5.74, 6) is -3.47. The van der Waals surface area contributed by atoms with E-state index in [9.17, 15) is 19.5 Å². The molecule has 0 spiro atoms. The fourth-order valence-electron chi connectivity index (χ4n) is 3.43. The molecular formula is C16H15BrN2O4. The number of allylic oxidation sites excluding steroid dienone is 2. The van der Waals surface area contributed by atoms with Gasteiger partial charge in [-0.2, -0.15) is 0 Å². The van der Waals surface area contributed by atoms with Gasteiger partial charge < -0.3 is 5.11 Å². The van der Waals surface area contributed by atoms with E-state index in [1.165, 1.54) is 0 Å². The molecular weight excluding hydrogens is 364 g/mol. The first kappa shape index (κ1) is 15.7. The van der Waals surface area contributed by atoms with Crippen LogP contribution in [0.2, 0.25) is 0 Å². The molecule has 0 unspecified atom stereocenters. The van der Waals surface area contributed by atoms with Crippen molar-refractivity contribution in [2.45, 2.75) is 6.42 Å². The average Bonchev–Trinajstić information content (AvgIpc) is 3.13. The standard InChI is InChI=1S/C16H15BrN2O4/c17-11-4-2-1-3-10(11)14(20)18-19-15(21)12-8-5-6-9(7-8)13(12)16(22)23/h1-6,8-9,12-13H,7H2,(H,18,20)(H,19,21)(H,22,23)/t8-,9-,12-,13-/m0/s1. The Hall–Kier alpha value is -2.15. The number of hydrogen-bond donors (Lipinski definition) is 3. The lowest BCUT2D eigenvalue weighted by molar-refractivity contribution is -0.148. The number of carboxylic acid groups (broad SMARTS) is 1. The number of carbonyl (C=O) groups excluding carboxylic acids is 2. The van der Waals surface area contributed by atoms with Crippen molar-refractivity contribution in [3.05, 3.63) is 46.5 Å². The highest BCUT2D eigenvalue weighted by Crippen LogP contribution is 2.48. The van der Waals surface area contributed by atoms with Gasteiger partial charge in [-0.1, -0.05) is 24.3 Å². The van der Waals surface area contributed by atoms with Gasteiger partial charge in [-0.05, 0) is 46.3 Å². The van der Waals surface area contributed by atoms with E-state index in [0.29, 0.717) is 16.5 Å². The summed E-state index contributed by atoms with van der Waals surface area (Å²) in [6.45, 7) is 0. The monoisotopic (exact) mass is 378 g/mol. The van der Waals surface area contributed by atoms with E-state index < -0.39 is 29.6 Å². The number of amides is 2. The van der Waals surface area contributed by atoms with Crippen molar-refractivity contribution < 1.29 is 19.5 Å². The number of nitrogens with one attached hydrogen (secondary N) is 2. The molecule has 1 aromatic rings. The summed E-state index contributed by atoms with van der Waals surface area (Å²) in [6.07, 6.45) is 4.43. The number of carboxylic acids is 1. The summed E-state index contributed by atoms with van der Waals surface area (Å²) < 4.78 is 0.609. The van der Waals surface area contributed by atoms with Gasteiger partial charge in [0.1, 0.15) is 0 Å². The summed E-state index contributed by atoms with van der Waals surface area (Å²) in [4.78, 5) is 35.8. The minimum absolute atomic E-state index is 0.0820. The van der Waals surface area contributed by atoms with Crippen molar-refractivity contribution in [3.8, 4) is 0 Å². The minimum Gasteiger partial charge on any atom is -0.481 e. The number of halogens is 1. The molecule has 120 valence electrons. The molecule has 0 aromatic heterocycles. The van der Waals surface area contributed by atoms with Crippen molar-refractivity contribution in [2.24, 2.45) is 23.7 Å². The summed E-state index contributed by atoms with van der Waals surface area (Å²) in [6, 6.07) is 6.82. The van der Waals surface area contributed by atoms with Crippen molar-refractivity contribution in [3.63, 3.8) is 0 Å². The number of benzene rings is 1. The van der Waals surface area contributed by atoms with Crippen LogP contribution < -0.4 is 10.9 Å². The SMILES string of the molecule is O=C(NNC(=O)[C@@H]1[C@@H](C(=O)O)[C@H]2C=C[C@H]1C2)c1ccccc1Br. The maximum atomic E-state index is 12.3. The molecule has 4 atom stereocenters. The predicted molar refractivity (Wildman–Crippen MR) is 85.1 cm³/mol. The van der Waals surface area contributed by atoms with Gasteiger partial charge in [0.05, 0.1) is 17.4 Å². The number of rotatable bonds is 3. The minimum atomic E-state index is -0.973. The second kappa shape index (κ2) is 6.16. The largest absolute Gasteiger partial charge is 0.481 e. The van der Waals surface area contributed by atoms with Gasteiger partial charge in [0.2, 0.25) is 5.91 Å². The summed E-state index contributed by atoms with van der Waals surface area (Å²) in [5.41, 5.74) is 5.10. The lowest BCUT2D eigenvalue weighted by atomic mass is 9.82. The van der Waals surface area contributed by atoms with Gasteiger partial charge in [0.25, 0.3) is 5.91 Å². The van der Waals surface area contributed by atoms with Crippen LogP contribution in [0, 0.1) is 23.7 Å². The molecule has 0 aliphatic heterocycles. The molecule has 0 heterocycles. The summed E-state index contributed by atoms with van der Waals surface area (Å²) in [5, 5.41) is 9.34. The molecule has 7 heteroatoms. The molecule has 2 amide bonds. The Kier molecular flexibility index (Phi) is 4.21. The highest BCUT2D eigenvalue weighted by Gasteiger charge is 2.51. The van der Waals surface area contributed by atoms with E-state index >= 15 is 0 Å². The lowest BCUT2D eigenvalue weighted by Gasteiger charge is -2.23. The molecule has 3 N–H and O–H groups in total. The van der Waals surface area contributed by atoms with E-state index in [0.717, 1.165) is 0 Å². The molecule has 1 fully saturated rings. The van der Waals surface area contributed by atoms with Crippen LogP contribution in [0.15, 0.2) is 40.9 Å². The molecule has 2 aliphatic rings. The fourth-order valence-corrected chi connectivity index (χ4v) is 3.90. The Morgan fingerprint density at radius 1 is 1.04 bits per heavy atom. The van der Waals surface area contributed by atoms with Crippen LogP contribution in [0.3, 0.4) is 0 Å². The van der Waals surface area contributed by atoms with Gasteiger partial charge in [-0.3, -0.25) is 25.2 Å². The lowest BCUT2D eigenvalue weighted by Crippen LogP contribution is -2.48. The van der Waals surface area contributed by atoms with E-state index in [1.54, 1.807) is 24.3 Å². The van der Waals surface area contributed by atoms with E-state index in [1.807, 2.05) is 12.2 Å². The molecule has 6 nitrogen and oxygen atoms in total. The Bertz CT molecular complexity index is 703. The average molecular weight is 379 g/mol. The third-order valence-corrected chi connectivity index (χ3v) is 5.16. The Morgan fingerprint density at radius 2 is 1.70 bits per heavy atom. The van der Waals surface area contributed by atoms with Gasteiger partial charge in [0, 0.05) is 4.47 Å². The van der Waals surface area contributed by atoms with Crippen LogP contribution in [0.1, 0.15) is 16.8 Å². The first-order chi connectivity index (χ1) is 11.0. The number of carbonyl (C=O) groups is 3. The first-order valence-electron chi connectivity index (χ1n) is 7.25. The van der Waals surface area contributed by atoms with E-state index in [4.69, 9.17) is 0 Å². The van der Waals surface area contributed by atoms with Crippen LogP contribution in [0.25, 0.3) is 0 Å².